The van der Waals surface area contributed by atoms with Crippen LogP contribution in [0.15, 0.2) is 72.8 Å². The number of carbonyl (C=O) groups excluding carboxylic acids is 2. The topological polar surface area (TPSA) is 74.4 Å². The molecule has 0 unspecified atom stereocenters. The summed E-state index contributed by atoms with van der Waals surface area (Å²) >= 11 is 0. The summed E-state index contributed by atoms with van der Waals surface area (Å²) in [7, 11) is 1.55. The lowest BCUT2D eigenvalue weighted by Gasteiger charge is -2.38. The van der Waals surface area contributed by atoms with E-state index in [0.29, 0.717) is 17.0 Å². The third-order valence-corrected chi connectivity index (χ3v) is 9.20. The Hall–Kier alpha value is -4.27. The fourth-order valence-electron chi connectivity index (χ4n) is 6.36. The van der Waals surface area contributed by atoms with Crippen molar-refractivity contribution in [3.05, 3.63) is 95.2 Å². The van der Waals surface area contributed by atoms with E-state index < -0.39 is 23.2 Å². The van der Waals surface area contributed by atoms with Gasteiger partial charge in [-0.1, -0.05) is 44.2 Å². The van der Waals surface area contributed by atoms with Crippen LogP contribution in [0.2, 0.25) is 0 Å². The van der Waals surface area contributed by atoms with Gasteiger partial charge in [0.2, 0.25) is 11.8 Å². The number of aryl methyl sites for hydroxylation is 1. The number of nitrogens with zero attached hydrogens (tertiary/aromatic N) is 1. The Labute approximate surface area is 255 Å². The number of hydrogen-bond acceptors (Lipinski definition) is 3. The molecule has 232 valence electrons. The van der Waals surface area contributed by atoms with Gasteiger partial charge in [-0.25, -0.2) is 0 Å². The number of para-hydroxylation sites is 1. The molecule has 5 rings (SSSR count). The fraction of sp³-hybridized carbons (Fsp3) is 0.371. The maximum atomic E-state index is 14.2. The van der Waals surface area contributed by atoms with Crippen molar-refractivity contribution in [2.45, 2.75) is 65.2 Å². The van der Waals surface area contributed by atoms with Crippen LogP contribution in [0.1, 0.15) is 62.4 Å². The monoisotopic (exact) mass is 605 g/mol. The van der Waals surface area contributed by atoms with Crippen LogP contribution in [-0.2, 0) is 22.3 Å². The number of amides is 2. The van der Waals surface area contributed by atoms with Crippen molar-refractivity contribution < 1.29 is 27.5 Å². The van der Waals surface area contributed by atoms with E-state index in [1.807, 2.05) is 25.1 Å². The molecule has 2 amide bonds. The number of hydrogen-bond donors (Lipinski definition) is 2. The van der Waals surface area contributed by atoms with Crippen LogP contribution < -0.4 is 10.1 Å². The number of benzene rings is 3. The van der Waals surface area contributed by atoms with Gasteiger partial charge in [0.15, 0.2) is 0 Å². The highest BCUT2D eigenvalue weighted by molar-refractivity contribution is 6.00. The van der Waals surface area contributed by atoms with E-state index in [2.05, 4.69) is 30.2 Å². The summed E-state index contributed by atoms with van der Waals surface area (Å²) < 4.78 is 44.9. The van der Waals surface area contributed by atoms with E-state index in [0.717, 1.165) is 28.7 Å². The van der Waals surface area contributed by atoms with Crippen LogP contribution in [0.3, 0.4) is 0 Å². The zero-order chi connectivity index (χ0) is 32.0. The molecule has 3 aromatic carbocycles. The first-order valence-corrected chi connectivity index (χ1v) is 14.6. The standard InChI is InChI=1S/C35H38F3N3O3/c1-21-30(26-9-7-8-10-28(26)39-21)31-27(33(31,2)3)19-29(42)41(20-22-11-13-23(14-12-22)35(36,37)38)34(4,5)32(43)40-24-15-17-25(44-6)18-16-24/h7-18,27,31,39H,19-20H2,1-6H3,(H,40,43)/t27-,31+/m1/s1. The second-order valence-corrected chi connectivity index (χ2v) is 12.7. The molecule has 0 aliphatic heterocycles. The molecule has 2 N–H and O–H groups in total. The van der Waals surface area contributed by atoms with Gasteiger partial charge in [0.1, 0.15) is 11.3 Å². The van der Waals surface area contributed by atoms with E-state index in [-0.39, 0.29) is 36.1 Å². The molecule has 1 aliphatic rings. The number of aromatic amines is 1. The first-order chi connectivity index (χ1) is 20.6. The van der Waals surface area contributed by atoms with E-state index in [4.69, 9.17) is 4.74 Å². The summed E-state index contributed by atoms with van der Waals surface area (Å²) in [6, 6.07) is 19.7. The zero-order valence-corrected chi connectivity index (χ0v) is 25.8. The Balaban J connectivity index is 1.43. The molecule has 0 saturated heterocycles. The van der Waals surface area contributed by atoms with Crippen molar-refractivity contribution in [2.24, 2.45) is 11.3 Å². The smallest absolute Gasteiger partial charge is 0.416 e. The van der Waals surface area contributed by atoms with E-state index >= 15 is 0 Å². The Morgan fingerprint density at radius 2 is 1.61 bits per heavy atom. The van der Waals surface area contributed by atoms with Gasteiger partial charge in [0, 0.05) is 35.2 Å². The molecule has 0 radical (unpaired) electrons. The lowest BCUT2D eigenvalue weighted by atomic mass is 9.97. The number of fused-ring (bicyclic) bond motifs is 1. The zero-order valence-electron chi connectivity index (χ0n) is 25.8. The number of carbonyl (C=O) groups is 2. The van der Waals surface area contributed by atoms with Gasteiger partial charge < -0.3 is 19.9 Å². The number of rotatable bonds is 9. The molecule has 1 saturated carbocycles. The van der Waals surface area contributed by atoms with E-state index in [1.165, 1.54) is 22.6 Å². The minimum atomic E-state index is -4.47. The van der Waals surface area contributed by atoms with Crippen LogP contribution in [0, 0.1) is 18.3 Å². The predicted octanol–water partition coefficient (Wildman–Crippen LogP) is 8.08. The Bertz CT molecular complexity index is 1670. The largest absolute Gasteiger partial charge is 0.497 e. The molecule has 4 aromatic rings. The molecule has 9 heteroatoms. The Morgan fingerprint density at radius 1 is 0.977 bits per heavy atom. The number of halogens is 3. The molecule has 1 aromatic heterocycles. The van der Waals surface area contributed by atoms with Crippen molar-refractivity contribution in [3.8, 4) is 5.75 Å². The molecule has 0 bridgehead atoms. The second-order valence-electron chi connectivity index (χ2n) is 12.7. The molecule has 6 nitrogen and oxygen atoms in total. The third kappa shape index (κ3) is 5.92. The molecule has 44 heavy (non-hydrogen) atoms. The fourth-order valence-corrected chi connectivity index (χ4v) is 6.36. The van der Waals surface area contributed by atoms with Crippen LogP contribution in [0.4, 0.5) is 18.9 Å². The lowest BCUT2D eigenvalue weighted by molar-refractivity contribution is -0.145. The van der Waals surface area contributed by atoms with Crippen LogP contribution >= 0.6 is 0 Å². The maximum Gasteiger partial charge on any atom is 0.416 e. The molecule has 2 atom stereocenters. The summed E-state index contributed by atoms with van der Waals surface area (Å²) in [5, 5.41) is 4.02. The summed E-state index contributed by atoms with van der Waals surface area (Å²) in [5.41, 5.74) is 2.08. The van der Waals surface area contributed by atoms with Crippen molar-refractivity contribution in [1.29, 1.82) is 0 Å². The number of H-pyrrole nitrogens is 1. The normalized spacial score (nSPS) is 17.8. The van der Waals surface area contributed by atoms with Gasteiger partial charge in [-0.15, -0.1) is 0 Å². The minimum absolute atomic E-state index is 0.0171. The lowest BCUT2D eigenvalue weighted by Crippen LogP contribution is -2.54. The van der Waals surface area contributed by atoms with Crippen molar-refractivity contribution in [2.75, 3.05) is 12.4 Å². The highest BCUT2D eigenvalue weighted by atomic mass is 19.4. The van der Waals surface area contributed by atoms with Crippen LogP contribution in [0.25, 0.3) is 10.9 Å². The maximum absolute atomic E-state index is 14.2. The van der Waals surface area contributed by atoms with Crippen LogP contribution in [0.5, 0.6) is 5.75 Å². The number of methoxy groups -OCH3 is 1. The number of alkyl halides is 3. The van der Waals surface area contributed by atoms with E-state index in [1.54, 1.807) is 45.2 Å². The van der Waals surface area contributed by atoms with Gasteiger partial charge in [0.05, 0.1) is 12.7 Å². The quantitative estimate of drug-likeness (QED) is 0.203. The highest BCUT2D eigenvalue weighted by Gasteiger charge is 2.60. The van der Waals surface area contributed by atoms with Crippen molar-refractivity contribution >= 4 is 28.4 Å². The Morgan fingerprint density at radius 3 is 2.23 bits per heavy atom. The summed E-state index contributed by atoms with van der Waals surface area (Å²) in [4.78, 5) is 32.8. The molecule has 1 fully saturated rings. The average molecular weight is 606 g/mol. The van der Waals surface area contributed by atoms with Gasteiger partial charge >= 0.3 is 6.18 Å². The van der Waals surface area contributed by atoms with Gasteiger partial charge in [-0.05, 0) is 91.6 Å². The van der Waals surface area contributed by atoms with Crippen molar-refractivity contribution in [3.63, 3.8) is 0 Å². The third-order valence-electron chi connectivity index (χ3n) is 9.20. The van der Waals surface area contributed by atoms with Gasteiger partial charge in [-0.3, -0.25) is 9.59 Å². The Kier molecular flexibility index (Phi) is 8.03. The molecule has 0 spiro atoms. The van der Waals surface area contributed by atoms with Crippen molar-refractivity contribution in [1.82, 2.24) is 9.88 Å². The number of nitrogens with one attached hydrogen (secondary N) is 2. The summed E-state index contributed by atoms with van der Waals surface area (Å²) in [6.45, 7) is 9.65. The van der Waals surface area contributed by atoms with E-state index in [9.17, 15) is 22.8 Å². The summed E-state index contributed by atoms with van der Waals surface area (Å²) in [6.07, 6.45) is -4.28. The van der Waals surface area contributed by atoms with Gasteiger partial charge in [-0.2, -0.15) is 13.2 Å². The average Bonchev–Trinajstić information content (AvgIpc) is 3.32. The molecule has 1 heterocycles. The van der Waals surface area contributed by atoms with Crippen LogP contribution in [-0.4, -0.2) is 34.3 Å². The minimum Gasteiger partial charge on any atom is -0.497 e. The molecular formula is C35H38F3N3O3. The first-order valence-electron chi connectivity index (χ1n) is 14.6. The number of anilines is 1. The second kappa shape index (κ2) is 11.3. The predicted molar refractivity (Wildman–Crippen MR) is 165 cm³/mol. The summed E-state index contributed by atoms with van der Waals surface area (Å²) in [5.74, 6) is 0.128. The molecule has 1 aliphatic carbocycles. The first kappa shape index (κ1) is 31.2. The molecular weight excluding hydrogens is 567 g/mol. The SMILES string of the molecule is COc1ccc(NC(=O)C(C)(C)N(Cc2ccc(C(F)(F)F)cc2)C(=O)C[C@@H]2[C@@H](c3c(C)[nH]c4ccccc34)C2(C)C)cc1. The van der Waals surface area contributed by atoms with Gasteiger partial charge in [0.25, 0.3) is 0 Å². The highest BCUT2D eigenvalue weighted by Crippen LogP contribution is 2.67. The number of ether oxygens (including phenoxy) is 1. The number of aromatic nitrogens is 1.